The number of hydrogen-bond acceptors (Lipinski definition) is 3. The van der Waals surface area contributed by atoms with Gasteiger partial charge in [0.15, 0.2) is 5.96 Å². The van der Waals surface area contributed by atoms with Crippen LogP contribution in [0.3, 0.4) is 0 Å². The van der Waals surface area contributed by atoms with E-state index in [0.29, 0.717) is 6.61 Å². The van der Waals surface area contributed by atoms with Crippen molar-refractivity contribution in [1.82, 2.24) is 10.6 Å². The fourth-order valence-electron chi connectivity index (χ4n) is 2.06. The van der Waals surface area contributed by atoms with E-state index in [4.69, 9.17) is 9.15 Å². The van der Waals surface area contributed by atoms with Crippen LogP contribution in [0, 0.1) is 0 Å². The molecule has 0 aliphatic carbocycles. The van der Waals surface area contributed by atoms with E-state index in [9.17, 15) is 0 Å². The van der Waals surface area contributed by atoms with Crippen LogP contribution < -0.4 is 15.4 Å². The summed E-state index contributed by atoms with van der Waals surface area (Å²) < 4.78 is 11.0. The van der Waals surface area contributed by atoms with Gasteiger partial charge in [0.2, 0.25) is 0 Å². The van der Waals surface area contributed by atoms with Crippen molar-refractivity contribution >= 4 is 5.96 Å². The van der Waals surface area contributed by atoms with Crippen molar-refractivity contribution in [2.24, 2.45) is 4.99 Å². The van der Waals surface area contributed by atoms with Gasteiger partial charge in [-0.1, -0.05) is 18.2 Å². The maximum absolute atomic E-state index is 5.66. The van der Waals surface area contributed by atoms with E-state index in [1.165, 1.54) is 0 Å². The van der Waals surface area contributed by atoms with Crippen molar-refractivity contribution in [1.29, 1.82) is 0 Å². The highest BCUT2D eigenvalue weighted by Crippen LogP contribution is 2.08. The van der Waals surface area contributed by atoms with Crippen LogP contribution in [0.4, 0.5) is 0 Å². The lowest BCUT2D eigenvalue weighted by Crippen LogP contribution is -2.38. The number of furan rings is 1. The Morgan fingerprint density at radius 1 is 1.13 bits per heavy atom. The molecule has 0 aliphatic heterocycles. The number of guanidine groups is 1. The van der Waals surface area contributed by atoms with E-state index in [-0.39, 0.29) is 0 Å². The molecule has 5 heteroatoms. The minimum absolute atomic E-state index is 0.666. The topological polar surface area (TPSA) is 58.8 Å². The standard InChI is InChI=1S/C18H25N3O2/c1-2-19-18(21-13-11-17-10-6-14-22-17)20-12-7-15-23-16-8-4-3-5-9-16/h3-6,8-10,14H,2,7,11-13,15H2,1H3,(H2,19,20,21). The van der Waals surface area contributed by atoms with Gasteiger partial charge in [-0.25, -0.2) is 0 Å². The van der Waals surface area contributed by atoms with Gasteiger partial charge in [-0.05, 0) is 31.2 Å². The highest BCUT2D eigenvalue weighted by atomic mass is 16.5. The van der Waals surface area contributed by atoms with Gasteiger partial charge < -0.3 is 19.8 Å². The molecule has 0 amide bonds. The van der Waals surface area contributed by atoms with Crippen molar-refractivity contribution in [3.63, 3.8) is 0 Å². The molecule has 1 heterocycles. The largest absolute Gasteiger partial charge is 0.494 e. The molecule has 23 heavy (non-hydrogen) atoms. The summed E-state index contributed by atoms with van der Waals surface area (Å²) in [6.07, 6.45) is 3.42. The van der Waals surface area contributed by atoms with Crippen LogP contribution in [0.1, 0.15) is 19.1 Å². The van der Waals surface area contributed by atoms with E-state index in [0.717, 1.165) is 49.9 Å². The van der Waals surface area contributed by atoms with Crippen molar-refractivity contribution in [3.8, 4) is 5.75 Å². The van der Waals surface area contributed by atoms with Gasteiger partial charge in [0.05, 0.1) is 12.9 Å². The summed E-state index contributed by atoms with van der Waals surface area (Å²) in [5, 5.41) is 6.54. The van der Waals surface area contributed by atoms with Gasteiger partial charge in [0, 0.05) is 32.5 Å². The number of nitrogens with zero attached hydrogens (tertiary/aromatic N) is 1. The Morgan fingerprint density at radius 3 is 2.74 bits per heavy atom. The molecule has 0 radical (unpaired) electrons. The van der Waals surface area contributed by atoms with Crippen LogP contribution in [-0.4, -0.2) is 32.2 Å². The zero-order chi connectivity index (χ0) is 16.2. The van der Waals surface area contributed by atoms with E-state index >= 15 is 0 Å². The first kappa shape index (κ1) is 16.9. The normalized spacial score (nSPS) is 11.3. The van der Waals surface area contributed by atoms with Crippen LogP contribution in [0.25, 0.3) is 0 Å². The summed E-state index contributed by atoms with van der Waals surface area (Å²) in [5.41, 5.74) is 0. The van der Waals surface area contributed by atoms with Crippen molar-refractivity contribution in [2.45, 2.75) is 19.8 Å². The second-order valence-electron chi connectivity index (χ2n) is 5.03. The number of nitrogens with one attached hydrogen (secondary N) is 2. The van der Waals surface area contributed by atoms with Crippen LogP contribution >= 0.6 is 0 Å². The van der Waals surface area contributed by atoms with Crippen molar-refractivity contribution in [3.05, 3.63) is 54.5 Å². The smallest absolute Gasteiger partial charge is 0.191 e. The number of hydrogen-bond donors (Lipinski definition) is 2. The van der Waals surface area contributed by atoms with Crippen molar-refractivity contribution in [2.75, 3.05) is 26.2 Å². The molecular formula is C18H25N3O2. The van der Waals surface area contributed by atoms with Gasteiger partial charge in [-0.3, -0.25) is 4.99 Å². The van der Waals surface area contributed by atoms with Crippen LogP contribution in [0.5, 0.6) is 5.75 Å². The molecule has 2 aromatic rings. The number of para-hydroxylation sites is 1. The maximum atomic E-state index is 5.66. The lowest BCUT2D eigenvalue weighted by Gasteiger charge is -2.10. The number of rotatable bonds is 9. The minimum atomic E-state index is 0.666. The summed E-state index contributed by atoms with van der Waals surface area (Å²) in [7, 11) is 0. The molecule has 0 atom stereocenters. The lowest BCUT2D eigenvalue weighted by atomic mass is 10.3. The third-order valence-corrected chi connectivity index (χ3v) is 3.17. The minimum Gasteiger partial charge on any atom is -0.494 e. The first-order valence-electron chi connectivity index (χ1n) is 8.11. The Balaban J connectivity index is 1.64. The molecule has 124 valence electrons. The summed E-state index contributed by atoms with van der Waals surface area (Å²) >= 11 is 0. The quantitative estimate of drug-likeness (QED) is 0.424. The molecule has 1 aromatic carbocycles. The third kappa shape index (κ3) is 6.91. The molecule has 0 spiro atoms. The fourth-order valence-corrected chi connectivity index (χ4v) is 2.06. The Labute approximate surface area is 137 Å². The molecular weight excluding hydrogens is 290 g/mol. The number of benzene rings is 1. The lowest BCUT2D eigenvalue weighted by molar-refractivity contribution is 0.313. The first-order valence-corrected chi connectivity index (χ1v) is 8.11. The molecule has 0 fully saturated rings. The monoisotopic (exact) mass is 315 g/mol. The average molecular weight is 315 g/mol. The zero-order valence-electron chi connectivity index (χ0n) is 13.6. The highest BCUT2D eigenvalue weighted by molar-refractivity contribution is 5.79. The van der Waals surface area contributed by atoms with Gasteiger partial charge in [-0.2, -0.15) is 0 Å². The Kier molecular flexibility index (Phi) is 7.60. The second-order valence-corrected chi connectivity index (χ2v) is 5.03. The maximum Gasteiger partial charge on any atom is 0.191 e. The molecule has 0 saturated carbocycles. The molecule has 0 unspecified atom stereocenters. The number of ether oxygens (including phenoxy) is 1. The third-order valence-electron chi connectivity index (χ3n) is 3.17. The SMILES string of the molecule is CCNC(=NCCCOc1ccccc1)NCCc1ccco1. The first-order chi connectivity index (χ1) is 11.4. The number of aliphatic imine (C=N–C) groups is 1. The van der Waals surface area contributed by atoms with Gasteiger partial charge >= 0.3 is 0 Å². The molecule has 5 nitrogen and oxygen atoms in total. The molecule has 1 aromatic heterocycles. The summed E-state index contributed by atoms with van der Waals surface area (Å²) in [6.45, 7) is 5.08. The van der Waals surface area contributed by atoms with Gasteiger partial charge in [0.25, 0.3) is 0 Å². The highest BCUT2D eigenvalue weighted by Gasteiger charge is 1.99. The molecule has 0 bridgehead atoms. The summed E-state index contributed by atoms with van der Waals surface area (Å²) in [6, 6.07) is 13.7. The summed E-state index contributed by atoms with van der Waals surface area (Å²) in [5.74, 6) is 2.71. The molecule has 2 rings (SSSR count). The predicted octanol–water partition coefficient (Wildman–Crippen LogP) is 2.85. The van der Waals surface area contributed by atoms with Crippen LogP contribution in [-0.2, 0) is 6.42 Å². The Morgan fingerprint density at radius 2 is 2.00 bits per heavy atom. The second kappa shape index (κ2) is 10.3. The molecule has 2 N–H and O–H groups in total. The fraction of sp³-hybridized carbons (Fsp3) is 0.389. The van der Waals surface area contributed by atoms with Gasteiger partial charge in [-0.15, -0.1) is 0 Å². The van der Waals surface area contributed by atoms with E-state index in [2.05, 4.69) is 22.5 Å². The van der Waals surface area contributed by atoms with E-state index < -0.39 is 0 Å². The van der Waals surface area contributed by atoms with Gasteiger partial charge in [0.1, 0.15) is 11.5 Å². The predicted molar refractivity (Wildman–Crippen MR) is 92.9 cm³/mol. The van der Waals surface area contributed by atoms with Crippen molar-refractivity contribution < 1.29 is 9.15 Å². The van der Waals surface area contributed by atoms with Crippen LogP contribution in [0.2, 0.25) is 0 Å². The summed E-state index contributed by atoms with van der Waals surface area (Å²) in [4.78, 5) is 4.55. The Bertz CT molecular complexity index is 553. The van der Waals surface area contributed by atoms with E-state index in [1.807, 2.05) is 42.5 Å². The average Bonchev–Trinajstić information content (AvgIpc) is 3.09. The molecule has 0 aliphatic rings. The Hall–Kier alpha value is -2.43. The van der Waals surface area contributed by atoms with E-state index in [1.54, 1.807) is 6.26 Å². The molecule has 0 saturated heterocycles. The zero-order valence-corrected chi connectivity index (χ0v) is 13.6. The van der Waals surface area contributed by atoms with Crippen LogP contribution in [0.15, 0.2) is 58.1 Å².